The van der Waals surface area contributed by atoms with Crippen molar-refractivity contribution in [1.29, 1.82) is 0 Å². The van der Waals surface area contributed by atoms with E-state index in [1.807, 2.05) is 0 Å². The number of hydrogen-bond acceptors (Lipinski definition) is 4. The molecule has 25 heavy (non-hydrogen) atoms. The van der Waals surface area contributed by atoms with Crippen molar-refractivity contribution in [3.63, 3.8) is 0 Å². The number of amides is 2. The van der Waals surface area contributed by atoms with E-state index in [1.165, 1.54) is 49.6 Å². The molecule has 1 aliphatic heterocycles. The number of aromatic hydroxyl groups is 1. The van der Waals surface area contributed by atoms with Crippen LogP contribution in [-0.4, -0.2) is 24.0 Å². The number of ether oxygens (including phenoxy) is 1. The average Bonchev–Trinajstić information content (AvgIpc) is 2.86. The molecule has 0 saturated carbocycles. The van der Waals surface area contributed by atoms with Crippen molar-refractivity contribution in [2.75, 3.05) is 12.1 Å². The Morgan fingerprint density at radius 2 is 1.92 bits per heavy atom. The molecule has 6 nitrogen and oxygen atoms in total. The molecule has 1 aliphatic rings. The van der Waals surface area contributed by atoms with Crippen LogP contribution in [0.25, 0.3) is 6.08 Å². The Hall–Kier alpha value is -3.06. The number of hydrazine groups is 1. The molecule has 0 radical (unpaired) electrons. The summed E-state index contributed by atoms with van der Waals surface area (Å²) in [6.07, 6.45) is 1.33. The lowest BCUT2D eigenvalue weighted by Gasteiger charge is -2.14. The van der Waals surface area contributed by atoms with Crippen LogP contribution in [0.4, 0.5) is 10.1 Å². The van der Waals surface area contributed by atoms with Gasteiger partial charge in [0, 0.05) is 0 Å². The highest BCUT2D eigenvalue weighted by molar-refractivity contribution is 6.33. The Bertz CT molecular complexity index is 896. The van der Waals surface area contributed by atoms with E-state index in [0.29, 0.717) is 11.3 Å². The zero-order chi connectivity index (χ0) is 18.1. The lowest BCUT2D eigenvalue weighted by Crippen LogP contribution is -2.35. The van der Waals surface area contributed by atoms with E-state index < -0.39 is 17.6 Å². The zero-order valence-corrected chi connectivity index (χ0v) is 13.7. The molecule has 2 N–H and O–H groups in total. The van der Waals surface area contributed by atoms with Gasteiger partial charge in [0.05, 0.1) is 17.8 Å². The third-order valence-electron chi connectivity index (χ3n) is 3.56. The molecule has 128 valence electrons. The molecule has 0 aliphatic carbocycles. The van der Waals surface area contributed by atoms with Gasteiger partial charge in [-0.25, -0.2) is 9.40 Å². The zero-order valence-electron chi connectivity index (χ0n) is 12.9. The SMILES string of the molecule is COc1cc(C=C2C(=O)NN(c3ccc(F)cc3)C2=O)cc(Cl)c1O. The molecule has 0 bridgehead atoms. The number of nitrogens with one attached hydrogen (secondary N) is 1. The summed E-state index contributed by atoms with van der Waals surface area (Å²) in [4.78, 5) is 24.6. The fraction of sp³-hybridized carbons (Fsp3) is 0.0588. The van der Waals surface area contributed by atoms with Gasteiger partial charge in [-0.2, -0.15) is 0 Å². The van der Waals surface area contributed by atoms with Crippen LogP contribution >= 0.6 is 11.6 Å². The predicted octanol–water partition coefficient (Wildman–Crippen LogP) is 2.65. The smallest absolute Gasteiger partial charge is 0.282 e. The number of nitrogens with zero attached hydrogens (tertiary/aromatic N) is 1. The molecule has 0 atom stereocenters. The number of benzene rings is 2. The quantitative estimate of drug-likeness (QED) is 0.650. The molecule has 0 spiro atoms. The van der Waals surface area contributed by atoms with Crippen molar-refractivity contribution < 1.29 is 23.8 Å². The van der Waals surface area contributed by atoms with Crippen LogP contribution in [0.5, 0.6) is 11.5 Å². The van der Waals surface area contributed by atoms with Gasteiger partial charge in [-0.05, 0) is 48.0 Å². The van der Waals surface area contributed by atoms with Crippen LogP contribution in [-0.2, 0) is 9.59 Å². The van der Waals surface area contributed by atoms with E-state index in [1.54, 1.807) is 0 Å². The van der Waals surface area contributed by atoms with Gasteiger partial charge in [0.2, 0.25) is 0 Å². The van der Waals surface area contributed by atoms with Crippen molar-refractivity contribution in [1.82, 2.24) is 5.43 Å². The first-order valence-electron chi connectivity index (χ1n) is 7.10. The van der Waals surface area contributed by atoms with Crippen LogP contribution < -0.4 is 15.2 Å². The molecular weight excluding hydrogens is 351 g/mol. The molecule has 8 heteroatoms. The van der Waals surface area contributed by atoms with Crippen LogP contribution in [0.3, 0.4) is 0 Å². The van der Waals surface area contributed by atoms with E-state index in [-0.39, 0.29) is 22.1 Å². The first-order chi connectivity index (χ1) is 11.9. The monoisotopic (exact) mass is 362 g/mol. The summed E-state index contributed by atoms with van der Waals surface area (Å²) in [5.74, 6) is -1.79. The van der Waals surface area contributed by atoms with Gasteiger partial charge in [0.15, 0.2) is 11.5 Å². The lowest BCUT2D eigenvalue weighted by atomic mass is 10.1. The molecule has 2 aromatic carbocycles. The van der Waals surface area contributed by atoms with Gasteiger partial charge in [-0.3, -0.25) is 15.0 Å². The second-order valence-corrected chi connectivity index (χ2v) is 5.58. The van der Waals surface area contributed by atoms with Gasteiger partial charge in [-0.15, -0.1) is 0 Å². The number of phenols is 1. The summed E-state index contributed by atoms with van der Waals surface area (Å²) in [5, 5.41) is 10.8. The fourth-order valence-electron chi connectivity index (χ4n) is 2.33. The summed E-state index contributed by atoms with van der Waals surface area (Å²) < 4.78 is 18.0. The topological polar surface area (TPSA) is 78.9 Å². The Labute approximate surface area is 147 Å². The Morgan fingerprint density at radius 3 is 2.56 bits per heavy atom. The standard InChI is InChI=1S/C17H12ClFN2O4/c1-25-14-8-9(7-13(18)15(14)22)6-12-16(23)20-21(17(12)24)11-4-2-10(19)3-5-11/h2-8,22H,1H3,(H,20,23). The minimum absolute atomic E-state index is 0.0208. The van der Waals surface area contributed by atoms with Crippen LogP contribution in [0.15, 0.2) is 42.0 Å². The highest BCUT2D eigenvalue weighted by atomic mass is 35.5. The predicted molar refractivity (Wildman–Crippen MR) is 89.7 cm³/mol. The molecule has 1 fully saturated rings. The summed E-state index contributed by atoms with van der Waals surface area (Å²) in [7, 11) is 1.35. The number of hydrogen-bond donors (Lipinski definition) is 2. The average molecular weight is 363 g/mol. The number of phenolic OH excluding ortho intramolecular Hbond substituents is 1. The third kappa shape index (κ3) is 3.14. The number of carbonyl (C=O) groups excluding carboxylic acids is 2. The van der Waals surface area contributed by atoms with Crippen molar-refractivity contribution >= 4 is 35.2 Å². The van der Waals surface area contributed by atoms with E-state index in [0.717, 1.165) is 5.01 Å². The molecule has 0 unspecified atom stereocenters. The van der Waals surface area contributed by atoms with Gasteiger partial charge in [0.1, 0.15) is 11.4 Å². The number of rotatable bonds is 3. The van der Waals surface area contributed by atoms with E-state index in [4.69, 9.17) is 16.3 Å². The highest BCUT2D eigenvalue weighted by Crippen LogP contribution is 2.35. The maximum atomic E-state index is 13.0. The number of carbonyl (C=O) groups is 2. The van der Waals surface area contributed by atoms with E-state index in [9.17, 15) is 19.1 Å². The van der Waals surface area contributed by atoms with Gasteiger partial charge >= 0.3 is 0 Å². The number of anilines is 1. The van der Waals surface area contributed by atoms with Crippen LogP contribution in [0, 0.1) is 5.82 Å². The minimum atomic E-state index is -0.613. The summed E-state index contributed by atoms with van der Waals surface area (Å²) in [5.41, 5.74) is 3.00. The number of methoxy groups -OCH3 is 1. The Kier molecular flexibility index (Phi) is 4.33. The first kappa shape index (κ1) is 16.8. The van der Waals surface area contributed by atoms with E-state index >= 15 is 0 Å². The summed E-state index contributed by atoms with van der Waals surface area (Å²) in [6.45, 7) is 0. The van der Waals surface area contributed by atoms with Crippen molar-refractivity contribution in [3.8, 4) is 11.5 Å². The van der Waals surface area contributed by atoms with Crippen molar-refractivity contribution in [2.45, 2.75) is 0 Å². The summed E-state index contributed by atoms with van der Waals surface area (Å²) in [6, 6.07) is 7.94. The Morgan fingerprint density at radius 1 is 1.24 bits per heavy atom. The van der Waals surface area contributed by atoms with Gasteiger partial charge in [0.25, 0.3) is 11.8 Å². The largest absolute Gasteiger partial charge is 0.503 e. The lowest BCUT2D eigenvalue weighted by molar-refractivity contribution is -0.117. The molecule has 2 aromatic rings. The molecule has 2 amide bonds. The van der Waals surface area contributed by atoms with Crippen LogP contribution in [0.2, 0.25) is 5.02 Å². The summed E-state index contributed by atoms with van der Waals surface area (Å²) >= 11 is 5.90. The maximum Gasteiger partial charge on any atom is 0.282 e. The first-order valence-corrected chi connectivity index (χ1v) is 7.47. The van der Waals surface area contributed by atoms with Gasteiger partial charge < -0.3 is 9.84 Å². The molecule has 1 heterocycles. The fourth-order valence-corrected chi connectivity index (χ4v) is 2.55. The number of halogens is 2. The molecule has 0 aromatic heterocycles. The maximum absolute atomic E-state index is 13.0. The molecule has 3 rings (SSSR count). The molecular formula is C17H12ClFN2O4. The molecule has 1 saturated heterocycles. The van der Waals surface area contributed by atoms with E-state index in [2.05, 4.69) is 5.43 Å². The highest BCUT2D eigenvalue weighted by Gasteiger charge is 2.34. The Balaban J connectivity index is 1.96. The third-order valence-corrected chi connectivity index (χ3v) is 3.85. The minimum Gasteiger partial charge on any atom is -0.503 e. The van der Waals surface area contributed by atoms with Crippen molar-refractivity contribution in [3.05, 3.63) is 58.4 Å². The second kappa shape index (κ2) is 6.45. The van der Waals surface area contributed by atoms with Crippen LogP contribution in [0.1, 0.15) is 5.56 Å². The second-order valence-electron chi connectivity index (χ2n) is 5.17. The van der Waals surface area contributed by atoms with Crippen molar-refractivity contribution in [2.24, 2.45) is 0 Å². The normalized spacial score (nSPS) is 15.6. The van der Waals surface area contributed by atoms with Gasteiger partial charge in [-0.1, -0.05) is 11.6 Å².